The normalized spacial score (nSPS) is 13.8. The zero-order valence-electron chi connectivity index (χ0n) is 64.3. The first-order chi connectivity index (χ1) is 56.1. The molecular weight excluding hydrogens is 1530 g/mol. The Balaban J connectivity index is 0.000000136. The lowest BCUT2D eigenvalue weighted by Crippen LogP contribution is -2.26. The lowest BCUT2D eigenvalue weighted by atomic mass is 9.90. The number of aromatic hydroxyl groups is 5. The number of carboxylic acids is 5. The number of benzene rings is 1. The average Bonchev–Trinajstić information content (AvgIpc) is 1.61. The van der Waals surface area contributed by atoms with Crippen molar-refractivity contribution < 1.29 is 75.0 Å². The first kappa shape index (κ1) is 81.7. The number of aromatic carboxylic acids is 5. The number of carbonyl (C=O) groups is 5. The molecule has 0 saturated carbocycles. The third-order valence-corrected chi connectivity index (χ3v) is 19.7. The van der Waals surface area contributed by atoms with Crippen LogP contribution in [0.2, 0.25) is 0 Å². The fourth-order valence-corrected chi connectivity index (χ4v) is 13.9. The van der Waals surface area contributed by atoms with E-state index in [1.807, 2.05) is 69.3 Å². The molecule has 0 bridgehead atoms. The number of hydrogen-bond donors (Lipinski definition) is 17. The lowest BCUT2D eigenvalue weighted by Gasteiger charge is -2.19. The number of anilines is 2. The highest BCUT2D eigenvalue weighted by Gasteiger charge is 2.31. The quantitative estimate of drug-likeness (QED) is 0.0479. The largest absolute Gasteiger partial charge is 0.506 e. The van der Waals surface area contributed by atoms with Gasteiger partial charge in [0.2, 0.25) is 0 Å². The summed E-state index contributed by atoms with van der Waals surface area (Å²) < 4.78 is 5.13. The zero-order valence-corrected chi connectivity index (χ0v) is 64.3. The van der Waals surface area contributed by atoms with Gasteiger partial charge in [-0.05, 0) is 95.7 Å². The summed E-state index contributed by atoms with van der Waals surface area (Å²) in [7, 11) is 3.72. The van der Waals surface area contributed by atoms with Gasteiger partial charge >= 0.3 is 29.8 Å². The number of aromatic nitrogens is 15. The van der Waals surface area contributed by atoms with E-state index < -0.39 is 114 Å². The van der Waals surface area contributed by atoms with E-state index in [9.17, 15) is 78.6 Å². The maximum atomic E-state index is 12.2. The molecule has 2 atom stereocenters. The van der Waals surface area contributed by atoms with Crippen molar-refractivity contribution in [1.82, 2.24) is 79.1 Å². The molecule has 14 heterocycles. The Hall–Kier alpha value is -15.7. The molecule has 12 aromatic heterocycles. The second-order valence-electron chi connectivity index (χ2n) is 27.5. The molecule has 608 valence electrons. The molecule has 2 aliphatic heterocycles. The molecular formula is C79H77N19O20. The predicted octanol–water partition coefficient (Wildman–Crippen LogP) is 7.28. The van der Waals surface area contributed by atoms with E-state index >= 15 is 0 Å². The summed E-state index contributed by atoms with van der Waals surface area (Å²) in [5.74, 6) is -8.30. The minimum Gasteiger partial charge on any atom is -0.506 e. The first-order valence-electron chi connectivity index (χ1n) is 36.4. The van der Waals surface area contributed by atoms with Gasteiger partial charge in [-0.1, -0.05) is 57.2 Å². The molecule has 1 fully saturated rings. The Labute approximate surface area is 663 Å². The molecule has 1 aliphatic carbocycles. The number of H-pyrrole nitrogens is 6. The van der Waals surface area contributed by atoms with E-state index in [1.54, 1.807) is 116 Å². The standard InChI is InChI=1S/C19H21N5O4.C17H19N5O4.C15H13N3O4.C14H13N3O4.C14H11N3O4/c1-3-11-15(21-18(26)14(16(11)25)19(27)28)12-8-13-17(23-6-4-5-7-23)20-10(2)9-24(13)22-12;1-5-9-13(19-16(24)12(14(9)23)17(25)26)10-6-11-15(21(3)4)18-8(2)7-22(11)20-10;1-2-8-12(17-14(20)11(13(8)19)15(21)22)9-7-18-6-4-3-5-10(18)16-9;1-6-11(16-13(19)10(12(6)18)14(20)21)7-2-3-9-8(4-7)5-15-17-9;1-6-11(16-13(19)10(12(6)18)14(20)21)7-2-3-8-5-15-17-9(8)4-7/h8-9H,3-7H2,1-2H3,(H,27,28)(H2,21,25,26);6-7H,5H2,1-4H3,(H,25,26)(H2,19,23,24);3-7H,2H2,1H3,(H,21,22)(H2,17,19,20);2-5,8-9,17H,1H3,(H,20,21)(H2,16,18,19);2-5H,1H3,(H,15,17)(H,20,21)(H2,16,18,19). The third-order valence-electron chi connectivity index (χ3n) is 19.7. The molecule has 0 amide bonds. The highest BCUT2D eigenvalue weighted by atomic mass is 16.4. The highest BCUT2D eigenvalue weighted by molar-refractivity contribution is 5.96. The van der Waals surface area contributed by atoms with E-state index in [0.717, 1.165) is 65.1 Å². The Morgan fingerprint density at radius 3 is 1.50 bits per heavy atom. The molecule has 118 heavy (non-hydrogen) atoms. The smallest absolute Gasteiger partial charge is 0.345 e. The van der Waals surface area contributed by atoms with Crippen LogP contribution < -0.4 is 43.0 Å². The van der Waals surface area contributed by atoms with Crippen LogP contribution in [0.25, 0.3) is 78.6 Å². The third kappa shape index (κ3) is 15.8. The van der Waals surface area contributed by atoms with Crippen LogP contribution in [0, 0.1) is 33.6 Å². The Morgan fingerprint density at radius 1 is 0.534 bits per heavy atom. The van der Waals surface area contributed by atoms with Gasteiger partial charge in [-0.25, -0.2) is 48.0 Å². The van der Waals surface area contributed by atoms with Gasteiger partial charge in [-0.15, -0.1) is 0 Å². The number of carboxylic acid groups (broad SMARTS) is 5. The first-order valence-corrected chi connectivity index (χ1v) is 36.4. The van der Waals surface area contributed by atoms with Crippen LogP contribution in [0.3, 0.4) is 0 Å². The summed E-state index contributed by atoms with van der Waals surface area (Å²) in [4.78, 5) is 146. The second-order valence-corrected chi connectivity index (χ2v) is 27.5. The number of aromatic amines is 6. The van der Waals surface area contributed by atoms with Crippen molar-refractivity contribution in [3.05, 3.63) is 222 Å². The lowest BCUT2D eigenvalue weighted by molar-refractivity contribution is 0.0680. The van der Waals surface area contributed by atoms with Crippen LogP contribution in [0.15, 0.2) is 127 Å². The molecule has 1 saturated heterocycles. The number of nitrogens with zero attached hydrogens (tertiary/aromatic N) is 12. The molecule has 0 radical (unpaired) electrons. The maximum Gasteiger partial charge on any atom is 0.345 e. The van der Waals surface area contributed by atoms with E-state index in [0.29, 0.717) is 115 Å². The van der Waals surface area contributed by atoms with Gasteiger partial charge < -0.3 is 95.6 Å². The van der Waals surface area contributed by atoms with Gasteiger partial charge in [0, 0.05) is 90.5 Å². The van der Waals surface area contributed by atoms with E-state index in [2.05, 4.69) is 75.7 Å². The summed E-state index contributed by atoms with van der Waals surface area (Å²) in [5.41, 5.74) is 6.05. The van der Waals surface area contributed by atoms with E-state index in [-0.39, 0.29) is 12.0 Å². The van der Waals surface area contributed by atoms with E-state index in [1.165, 1.54) is 0 Å². The number of aryl methyl sites for hydroxylation is 2. The fourth-order valence-electron chi connectivity index (χ4n) is 13.9. The molecule has 0 spiro atoms. The molecule has 2 unspecified atom stereocenters. The average molecular weight is 1610 g/mol. The molecule has 16 rings (SSSR count). The van der Waals surface area contributed by atoms with Gasteiger partial charge in [0.05, 0.1) is 70.0 Å². The molecule has 13 aromatic rings. The second kappa shape index (κ2) is 33.1. The summed E-state index contributed by atoms with van der Waals surface area (Å²) >= 11 is 0. The summed E-state index contributed by atoms with van der Waals surface area (Å²) in [6.07, 6.45) is 19.3. The highest BCUT2D eigenvalue weighted by Crippen LogP contribution is 2.37. The van der Waals surface area contributed by atoms with Gasteiger partial charge in [-0.2, -0.15) is 20.4 Å². The summed E-state index contributed by atoms with van der Waals surface area (Å²) in [5, 5.41) is 117. The molecule has 1 aromatic carbocycles. The molecule has 39 nitrogen and oxygen atoms in total. The van der Waals surface area contributed by atoms with Gasteiger partial charge in [-0.3, -0.25) is 29.1 Å². The van der Waals surface area contributed by atoms with Crippen LogP contribution in [0.1, 0.15) is 130 Å². The van der Waals surface area contributed by atoms with Crippen molar-refractivity contribution in [2.75, 3.05) is 37.0 Å². The minimum atomic E-state index is -1.48. The van der Waals surface area contributed by atoms with Crippen molar-refractivity contribution in [1.29, 1.82) is 0 Å². The van der Waals surface area contributed by atoms with E-state index in [4.69, 9.17) is 20.4 Å². The number of allylic oxidation sites excluding steroid dienone is 2. The summed E-state index contributed by atoms with van der Waals surface area (Å²) in [6.45, 7) is 14.0. The van der Waals surface area contributed by atoms with Crippen molar-refractivity contribution in [3.63, 3.8) is 0 Å². The SMILES string of the molecule is CCc1c(-c2cc3c(N(C)C)nc(C)cn3n2)[nH]c(=O)c(C(=O)O)c1O.CCc1c(-c2cc3c(N4CCCC4)nc(C)cn3n2)[nH]c(=O)c(C(=O)O)c1O.CCc1c(-c2cn3ccccc3n2)[nH]c(=O)c(C(=O)O)c1O.Cc1c(-c2ccc3cn[nH]c3c2)[nH]c(=O)c(C(=O)O)c1O.Cc1c(C2=CC3C=NNC3C=C2)[nH]c(=O)c(C(=O)O)c1O. The van der Waals surface area contributed by atoms with Crippen LogP contribution in [0.4, 0.5) is 11.6 Å². The van der Waals surface area contributed by atoms with Gasteiger partial charge in [0.1, 0.15) is 62.5 Å². The van der Waals surface area contributed by atoms with Crippen molar-refractivity contribution in [2.45, 2.75) is 86.6 Å². The Bertz CT molecular complexity index is 6670. The fraction of sp³-hybridized carbons (Fsp3) is 0.228. The van der Waals surface area contributed by atoms with Crippen molar-refractivity contribution in [2.24, 2.45) is 11.0 Å². The number of hydrogen-bond acceptors (Lipinski definition) is 25. The number of hydrazone groups is 1. The number of fused-ring (bicyclic) bond motifs is 5. The summed E-state index contributed by atoms with van der Waals surface area (Å²) in [6, 6.07) is 14.5. The zero-order chi connectivity index (χ0) is 85.3. The van der Waals surface area contributed by atoms with Crippen LogP contribution in [0.5, 0.6) is 28.7 Å². The van der Waals surface area contributed by atoms with Crippen LogP contribution in [-0.4, -0.2) is 194 Å². The van der Waals surface area contributed by atoms with Crippen LogP contribution in [-0.2, 0) is 19.3 Å². The molecule has 39 heteroatoms. The number of rotatable bonds is 15. The Kier molecular flexibility index (Phi) is 23.0. The molecule has 17 N–H and O–H groups in total. The number of nitrogens with one attached hydrogen (secondary N) is 7. The number of imidazole rings is 1. The number of pyridine rings is 6. The van der Waals surface area contributed by atoms with Crippen molar-refractivity contribution in [3.8, 4) is 74.2 Å². The molecule has 3 aliphatic rings. The van der Waals surface area contributed by atoms with Crippen molar-refractivity contribution >= 4 is 80.9 Å². The monoisotopic (exact) mass is 1610 g/mol. The maximum absolute atomic E-state index is 12.2. The van der Waals surface area contributed by atoms with Gasteiger partial charge in [0.15, 0.2) is 39.5 Å². The van der Waals surface area contributed by atoms with Crippen LogP contribution >= 0.6 is 0 Å². The topological polar surface area (TPSA) is 589 Å². The predicted molar refractivity (Wildman–Crippen MR) is 431 cm³/mol. The Morgan fingerprint density at radius 2 is 1.00 bits per heavy atom. The minimum absolute atomic E-state index is 0.0641. The van der Waals surface area contributed by atoms with Gasteiger partial charge in [0.25, 0.3) is 27.8 Å².